The van der Waals surface area contributed by atoms with E-state index in [-0.39, 0.29) is 6.67 Å². The third-order valence-electron chi connectivity index (χ3n) is 1.56. The maximum atomic E-state index is 11.8. The smallest absolute Gasteiger partial charge is 0.0897 e. The minimum Gasteiger partial charge on any atom is -0.262 e. The molecule has 0 radical (unpaired) electrons. The zero-order chi connectivity index (χ0) is 8.10. The zero-order valence-electron chi connectivity index (χ0n) is 6.68. The van der Waals surface area contributed by atoms with E-state index in [1.807, 2.05) is 19.1 Å². The molecular formula is C9H12FN. The second kappa shape index (κ2) is 4.06. The molecule has 0 atom stereocenters. The molecular weight excluding hydrogens is 141 g/mol. The van der Waals surface area contributed by atoms with Crippen LogP contribution in [0.15, 0.2) is 18.3 Å². The Bertz CT molecular complexity index is 223. The average Bonchev–Trinajstić information content (AvgIpc) is 2.01. The van der Waals surface area contributed by atoms with Crippen LogP contribution in [0.3, 0.4) is 0 Å². The first-order valence-corrected chi connectivity index (χ1v) is 3.80. The van der Waals surface area contributed by atoms with Gasteiger partial charge in [-0.2, -0.15) is 0 Å². The van der Waals surface area contributed by atoms with Crippen molar-refractivity contribution in [2.24, 2.45) is 0 Å². The Morgan fingerprint density at radius 3 is 3.00 bits per heavy atom. The second-order valence-corrected chi connectivity index (χ2v) is 2.60. The molecule has 0 aliphatic carbocycles. The Balaban J connectivity index is 2.56. The predicted molar refractivity (Wildman–Crippen MR) is 43.3 cm³/mol. The highest BCUT2D eigenvalue weighted by Crippen LogP contribution is 2.03. The highest BCUT2D eigenvalue weighted by Gasteiger charge is 1.92. The van der Waals surface area contributed by atoms with Gasteiger partial charge in [0, 0.05) is 11.9 Å². The summed E-state index contributed by atoms with van der Waals surface area (Å²) in [5.74, 6) is 0. The lowest BCUT2D eigenvalue weighted by Gasteiger charge is -1.98. The van der Waals surface area contributed by atoms with Crippen LogP contribution in [0.4, 0.5) is 4.39 Å². The van der Waals surface area contributed by atoms with Crippen molar-refractivity contribution in [3.8, 4) is 0 Å². The number of aryl methyl sites for hydroxylation is 2. The van der Waals surface area contributed by atoms with Crippen LogP contribution in [0.2, 0.25) is 0 Å². The normalized spacial score (nSPS) is 10.0. The zero-order valence-corrected chi connectivity index (χ0v) is 6.68. The van der Waals surface area contributed by atoms with E-state index in [0.29, 0.717) is 6.42 Å². The number of aromatic nitrogens is 1. The Morgan fingerprint density at radius 2 is 2.36 bits per heavy atom. The van der Waals surface area contributed by atoms with Gasteiger partial charge in [-0.15, -0.1) is 0 Å². The molecule has 0 bridgehead atoms. The van der Waals surface area contributed by atoms with Gasteiger partial charge in [0.15, 0.2) is 0 Å². The molecule has 0 aliphatic heterocycles. The Morgan fingerprint density at radius 1 is 1.55 bits per heavy atom. The molecule has 0 fully saturated rings. The lowest BCUT2D eigenvalue weighted by molar-refractivity contribution is 0.473. The van der Waals surface area contributed by atoms with Gasteiger partial charge < -0.3 is 0 Å². The molecule has 0 N–H and O–H groups in total. The molecule has 0 saturated heterocycles. The van der Waals surface area contributed by atoms with Crippen LogP contribution in [0.5, 0.6) is 0 Å². The number of alkyl halides is 1. The number of halogens is 1. The maximum absolute atomic E-state index is 11.8. The van der Waals surface area contributed by atoms with Crippen LogP contribution >= 0.6 is 0 Å². The van der Waals surface area contributed by atoms with Crippen LogP contribution in [-0.4, -0.2) is 11.7 Å². The maximum Gasteiger partial charge on any atom is 0.0897 e. The van der Waals surface area contributed by atoms with E-state index in [4.69, 9.17) is 0 Å². The third kappa shape index (κ3) is 2.66. The number of nitrogens with zero attached hydrogens (tertiary/aromatic N) is 1. The van der Waals surface area contributed by atoms with E-state index in [1.54, 1.807) is 6.20 Å². The van der Waals surface area contributed by atoms with Gasteiger partial charge in [-0.3, -0.25) is 9.37 Å². The summed E-state index contributed by atoms with van der Waals surface area (Å²) in [5.41, 5.74) is 2.18. The molecule has 60 valence electrons. The fraction of sp³-hybridized carbons (Fsp3) is 0.444. The van der Waals surface area contributed by atoms with Crippen molar-refractivity contribution in [1.82, 2.24) is 4.98 Å². The molecule has 2 heteroatoms. The molecule has 1 aromatic rings. The lowest BCUT2D eigenvalue weighted by atomic mass is 10.1. The first-order valence-electron chi connectivity index (χ1n) is 3.80. The molecule has 1 rings (SSSR count). The minimum absolute atomic E-state index is 0.235. The summed E-state index contributed by atoms with van der Waals surface area (Å²) in [6.45, 7) is 1.71. The van der Waals surface area contributed by atoms with Crippen molar-refractivity contribution in [2.75, 3.05) is 6.67 Å². The van der Waals surface area contributed by atoms with Gasteiger partial charge in [0.2, 0.25) is 0 Å². The Kier molecular flexibility index (Phi) is 3.02. The molecule has 1 heterocycles. The monoisotopic (exact) mass is 153 g/mol. The van der Waals surface area contributed by atoms with Crippen molar-refractivity contribution in [3.63, 3.8) is 0 Å². The van der Waals surface area contributed by atoms with E-state index in [1.165, 1.54) is 5.56 Å². The molecule has 0 unspecified atom stereocenters. The SMILES string of the molecule is Cc1cc(CCCF)ccn1. The quantitative estimate of drug-likeness (QED) is 0.649. The van der Waals surface area contributed by atoms with Crippen LogP contribution in [0.1, 0.15) is 17.7 Å². The summed E-state index contributed by atoms with van der Waals surface area (Å²) < 4.78 is 11.8. The van der Waals surface area contributed by atoms with Gasteiger partial charge in [-0.1, -0.05) is 0 Å². The largest absolute Gasteiger partial charge is 0.262 e. The summed E-state index contributed by atoms with van der Waals surface area (Å²) in [5, 5.41) is 0. The van der Waals surface area contributed by atoms with Crippen molar-refractivity contribution in [1.29, 1.82) is 0 Å². The predicted octanol–water partition coefficient (Wildman–Crippen LogP) is 2.29. The average molecular weight is 153 g/mol. The van der Waals surface area contributed by atoms with Crippen molar-refractivity contribution < 1.29 is 4.39 Å². The van der Waals surface area contributed by atoms with E-state index in [2.05, 4.69) is 4.98 Å². The van der Waals surface area contributed by atoms with Gasteiger partial charge in [0.25, 0.3) is 0 Å². The van der Waals surface area contributed by atoms with Gasteiger partial charge in [0.1, 0.15) is 0 Å². The lowest BCUT2D eigenvalue weighted by Crippen LogP contribution is -1.88. The third-order valence-corrected chi connectivity index (χ3v) is 1.56. The molecule has 0 spiro atoms. The van der Waals surface area contributed by atoms with Gasteiger partial charge >= 0.3 is 0 Å². The molecule has 1 aromatic heterocycles. The van der Waals surface area contributed by atoms with E-state index in [0.717, 1.165) is 12.1 Å². The summed E-state index contributed by atoms with van der Waals surface area (Å²) in [7, 11) is 0. The van der Waals surface area contributed by atoms with Gasteiger partial charge in [-0.25, -0.2) is 0 Å². The fourth-order valence-corrected chi connectivity index (χ4v) is 1.03. The minimum atomic E-state index is -0.235. The standard InChI is InChI=1S/C9H12FN/c1-8-7-9(3-2-5-10)4-6-11-8/h4,6-7H,2-3,5H2,1H3. The molecule has 0 amide bonds. The van der Waals surface area contributed by atoms with Gasteiger partial charge in [-0.05, 0) is 37.5 Å². The first-order chi connectivity index (χ1) is 5.33. The summed E-state index contributed by atoms with van der Waals surface area (Å²) >= 11 is 0. The fourth-order valence-electron chi connectivity index (χ4n) is 1.03. The Hall–Kier alpha value is -0.920. The van der Waals surface area contributed by atoms with Gasteiger partial charge in [0.05, 0.1) is 6.67 Å². The number of rotatable bonds is 3. The first kappa shape index (κ1) is 8.18. The molecule has 0 aliphatic rings. The topological polar surface area (TPSA) is 12.9 Å². The van der Waals surface area contributed by atoms with E-state index < -0.39 is 0 Å². The van der Waals surface area contributed by atoms with Crippen LogP contribution in [-0.2, 0) is 6.42 Å². The number of hydrogen-bond donors (Lipinski definition) is 0. The molecule has 1 nitrogen and oxygen atoms in total. The van der Waals surface area contributed by atoms with Crippen LogP contribution in [0, 0.1) is 6.92 Å². The van der Waals surface area contributed by atoms with Crippen molar-refractivity contribution in [2.45, 2.75) is 19.8 Å². The van der Waals surface area contributed by atoms with E-state index >= 15 is 0 Å². The van der Waals surface area contributed by atoms with Crippen LogP contribution < -0.4 is 0 Å². The second-order valence-electron chi connectivity index (χ2n) is 2.60. The summed E-state index contributed by atoms with van der Waals surface area (Å²) in [4.78, 5) is 4.05. The number of pyridine rings is 1. The summed E-state index contributed by atoms with van der Waals surface area (Å²) in [6, 6.07) is 3.93. The Labute approximate surface area is 66.3 Å². The molecule has 0 saturated carbocycles. The number of hydrogen-bond acceptors (Lipinski definition) is 1. The van der Waals surface area contributed by atoms with E-state index in [9.17, 15) is 4.39 Å². The molecule has 11 heavy (non-hydrogen) atoms. The van der Waals surface area contributed by atoms with Crippen molar-refractivity contribution in [3.05, 3.63) is 29.6 Å². The van der Waals surface area contributed by atoms with Crippen LogP contribution in [0.25, 0.3) is 0 Å². The highest BCUT2D eigenvalue weighted by molar-refractivity contribution is 5.15. The highest BCUT2D eigenvalue weighted by atomic mass is 19.1. The summed E-state index contributed by atoms with van der Waals surface area (Å²) in [6.07, 6.45) is 3.20. The van der Waals surface area contributed by atoms with Crippen molar-refractivity contribution >= 4 is 0 Å². The molecule has 0 aromatic carbocycles.